The quantitative estimate of drug-likeness (QED) is 0.389. The van der Waals surface area contributed by atoms with E-state index in [0.29, 0.717) is 5.82 Å². The van der Waals surface area contributed by atoms with Gasteiger partial charge in [-0.25, -0.2) is 13.6 Å². The summed E-state index contributed by atoms with van der Waals surface area (Å²) in [6.07, 6.45) is -0.541. The molecule has 2 N–H and O–H groups in total. The van der Waals surface area contributed by atoms with Crippen molar-refractivity contribution in [3.8, 4) is 0 Å². The van der Waals surface area contributed by atoms with Gasteiger partial charge in [0.15, 0.2) is 5.82 Å². The number of aryl methyl sites for hydroxylation is 1. The molecular weight excluding hydrogens is 444 g/mol. The highest BCUT2D eigenvalue weighted by Crippen LogP contribution is 2.33. The van der Waals surface area contributed by atoms with Crippen LogP contribution in [0.5, 0.6) is 0 Å². The van der Waals surface area contributed by atoms with E-state index in [-0.39, 0.29) is 31.5 Å². The number of hydrogen-bond acceptors (Lipinski definition) is 5. The summed E-state index contributed by atoms with van der Waals surface area (Å²) < 4.78 is 57.7. The highest BCUT2D eigenvalue weighted by atomic mass is 19.3. The second-order valence-corrected chi connectivity index (χ2v) is 8.03. The smallest absolute Gasteiger partial charge is 0.320 e. The van der Waals surface area contributed by atoms with E-state index in [4.69, 9.17) is 0 Å². The minimum atomic E-state index is -3.54. The zero-order valence-electron chi connectivity index (χ0n) is 18.0. The summed E-state index contributed by atoms with van der Waals surface area (Å²) >= 11 is 0. The number of aromatic nitrogens is 4. The number of tetrazole rings is 1. The molecule has 0 saturated carbocycles. The largest absolute Gasteiger partial charge is 0.382 e. The van der Waals surface area contributed by atoms with Crippen LogP contribution in [0.3, 0.4) is 0 Å². The molecule has 0 spiro atoms. The topological polar surface area (TPSA) is 98.2 Å². The Bertz CT molecular complexity index is 926. The fraction of sp³-hybridized carbons (Fsp3) is 0.524. The minimum Gasteiger partial charge on any atom is -0.382 e. The average molecular weight is 470 g/mol. The molecule has 1 fully saturated rings. The van der Waals surface area contributed by atoms with Crippen LogP contribution in [0, 0.1) is 0 Å². The van der Waals surface area contributed by atoms with E-state index in [1.54, 1.807) is 6.07 Å². The van der Waals surface area contributed by atoms with Gasteiger partial charge in [-0.05, 0) is 6.42 Å². The van der Waals surface area contributed by atoms with Gasteiger partial charge in [-0.1, -0.05) is 47.7 Å². The summed E-state index contributed by atoms with van der Waals surface area (Å²) in [5.74, 6) is -6.22. The van der Waals surface area contributed by atoms with Gasteiger partial charge in [0.05, 0.1) is 6.04 Å². The Morgan fingerprint density at radius 1 is 1.24 bits per heavy atom. The number of rotatable bonds is 11. The number of hydrogen-bond donors (Lipinski definition) is 2. The molecule has 1 saturated heterocycles. The van der Waals surface area contributed by atoms with Crippen LogP contribution in [0.25, 0.3) is 0 Å². The van der Waals surface area contributed by atoms with Crippen LogP contribution >= 0.6 is 0 Å². The number of benzene rings is 1. The van der Waals surface area contributed by atoms with Gasteiger partial charge >= 0.3 is 12.0 Å². The minimum absolute atomic E-state index is 0.141. The van der Waals surface area contributed by atoms with E-state index in [1.807, 2.05) is 0 Å². The number of aromatic amines is 1. The van der Waals surface area contributed by atoms with Gasteiger partial charge < -0.3 is 14.9 Å². The highest BCUT2D eigenvalue weighted by Gasteiger charge is 2.40. The lowest BCUT2D eigenvalue weighted by molar-refractivity contribution is -0.0929. The Kier molecular flexibility index (Phi) is 7.67. The number of amides is 2. The van der Waals surface area contributed by atoms with Gasteiger partial charge in [0.25, 0.3) is 0 Å². The van der Waals surface area contributed by atoms with Crippen molar-refractivity contribution < 1.29 is 27.5 Å². The van der Waals surface area contributed by atoms with Crippen LogP contribution in [0.15, 0.2) is 42.5 Å². The van der Waals surface area contributed by atoms with Crippen molar-refractivity contribution >= 4 is 6.03 Å². The van der Waals surface area contributed by atoms with Crippen molar-refractivity contribution in [1.29, 1.82) is 0 Å². The Hall–Kier alpha value is -3.02. The van der Waals surface area contributed by atoms with Crippen molar-refractivity contribution in [3.05, 3.63) is 53.9 Å². The van der Waals surface area contributed by atoms with Gasteiger partial charge in [-0.2, -0.15) is 14.0 Å². The van der Waals surface area contributed by atoms with Crippen molar-refractivity contribution in [2.45, 2.75) is 49.7 Å². The summed E-state index contributed by atoms with van der Waals surface area (Å²) in [5.41, 5.74) is -0.348. The maximum absolute atomic E-state index is 14.5. The van der Waals surface area contributed by atoms with Gasteiger partial charge in [-0.15, -0.1) is 10.2 Å². The van der Waals surface area contributed by atoms with Crippen molar-refractivity contribution in [2.24, 2.45) is 0 Å². The number of carbonyl (C=O) groups excluding carboxylic acids is 1. The molecule has 1 aliphatic heterocycles. The van der Waals surface area contributed by atoms with Crippen molar-refractivity contribution in [1.82, 2.24) is 30.4 Å². The first kappa shape index (κ1) is 24.6. The van der Waals surface area contributed by atoms with E-state index < -0.39 is 42.9 Å². The number of nitrogens with zero attached hydrogens (tertiary/aromatic N) is 5. The number of aliphatic hydroxyl groups excluding tert-OH is 1. The van der Waals surface area contributed by atoms with Crippen LogP contribution in [0.1, 0.15) is 30.7 Å². The fourth-order valence-corrected chi connectivity index (χ4v) is 3.63. The van der Waals surface area contributed by atoms with Crippen molar-refractivity contribution in [2.75, 3.05) is 20.1 Å². The predicted octanol–water partition coefficient (Wildman–Crippen LogP) is 2.99. The normalized spacial score (nSPS) is 18.5. The number of urea groups is 1. The number of nitrogens with one attached hydrogen (secondary N) is 1. The molecule has 180 valence electrons. The van der Waals surface area contributed by atoms with Crippen LogP contribution in [-0.4, -0.2) is 79.8 Å². The molecule has 8 nitrogen and oxygen atoms in total. The predicted molar refractivity (Wildman–Crippen MR) is 111 cm³/mol. The molecule has 2 heterocycles. The lowest BCUT2D eigenvalue weighted by Gasteiger charge is -2.25. The number of likely N-dealkylation sites (N-methyl/N-ethyl adjacent to an activating group) is 1. The lowest BCUT2D eigenvalue weighted by Crippen LogP contribution is -2.37. The molecule has 2 amide bonds. The van der Waals surface area contributed by atoms with Crippen molar-refractivity contribution in [3.63, 3.8) is 0 Å². The van der Waals surface area contributed by atoms with Gasteiger partial charge in [-0.3, -0.25) is 0 Å². The zero-order valence-corrected chi connectivity index (χ0v) is 18.0. The first-order valence-corrected chi connectivity index (χ1v) is 10.5. The molecule has 0 radical (unpaired) electrons. The van der Waals surface area contributed by atoms with Crippen LogP contribution < -0.4 is 0 Å². The second-order valence-electron chi connectivity index (χ2n) is 8.03. The number of aliphatic hydroxyl groups is 1. The lowest BCUT2D eigenvalue weighted by atomic mass is 10.0. The molecule has 0 bridgehead atoms. The number of halogens is 4. The first-order valence-electron chi connectivity index (χ1n) is 10.5. The SMILES string of the molecule is CN1C[C@H](C=CC(O)C(F)(F)c2ccccc2)N(CCC(F)(F)CCCc2nn[nH]n2)C1=O. The first-order chi connectivity index (χ1) is 15.6. The molecule has 3 rings (SSSR count). The summed E-state index contributed by atoms with van der Waals surface area (Å²) in [6, 6.07) is 5.69. The Morgan fingerprint density at radius 3 is 2.64 bits per heavy atom. The van der Waals surface area contributed by atoms with E-state index in [9.17, 15) is 27.5 Å². The zero-order chi connectivity index (χ0) is 24.1. The summed E-state index contributed by atoms with van der Waals surface area (Å²) in [5, 5.41) is 23.1. The molecule has 1 aromatic heterocycles. The maximum atomic E-state index is 14.5. The second kappa shape index (κ2) is 10.3. The van der Waals surface area contributed by atoms with E-state index in [0.717, 1.165) is 6.08 Å². The standard InChI is InChI=1S/C21H26F4N6O2/c1-30-14-16(9-10-17(32)21(24,25)15-6-3-2-4-7-15)31(19(30)33)13-12-20(22,23)11-5-8-18-26-28-29-27-18/h2-4,6-7,9-10,16-17,32H,5,8,11-14H2,1H3,(H,26,27,28,29)/t16-,17?/m0/s1. The van der Waals surface area contributed by atoms with Gasteiger partial charge in [0, 0.05) is 45.0 Å². The van der Waals surface area contributed by atoms with E-state index in [1.165, 1.54) is 47.2 Å². The number of alkyl halides is 4. The number of carbonyl (C=O) groups is 1. The molecule has 2 atom stereocenters. The number of H-pyrrole nitrogens is 1. The summed E-state index contributed by atoms with van der Waals surface area (Å²) in [4.78, 5) is 14.9. The molecule has 12 heteroatoms. The Morgan fingerprint density at radius 2 is 1.97 bits per heavy atom. The Balaban J connectivity index is 1.58. The van der Waals surface area contributed by atoms with Crippen LogP contribution in [0.4, 0.5) is 22.4 Å². The molecular formula is C21H26F4N6O2. The third-order valence-corrected chi connectivity index (χ3v) is 5.53. The fourth-order valence-electron chi connectivity index (χ4n) is 3.63. The third-order valence-electron chi connectivity index (χ3n) is 5.53. The maximum Gasteiger partial charge on any atom is 0.320 e. The van der Waals surface area contributed by atoms with Gasteiger partial charge in [0.2, 0.25) is 5.92 Å². The molecule has 1 aliphatic rings. The van der Waals surface area contributed by atoms with Gasteiger partial charge in [0.1, 0.15) is 6.10 Å². The van der Waals surface area contributed by atoms with Crippen LogP contribution in [-0.2, 0) is 12.3 Å². The molecule has 33 heavy (non-hydrogen) atoms. The molecule has 0 aliphatic carbocycles. The third kappa shape index (κ3) is 6.28. The summed E-state index contributed by atoms with van der Waals surface area (Å²) in [7, 11) is 1.50. The molecule has 1 aromatic carbocycles. The molecule has 2 aromatic rings. The Labute approximate surface area is 188 Å². The van der Waals surface area contributed by atoms with Crippen LogP contribution in [0.2, 0.25) is 0 Å². The van der Waals surface area contributed by atoms with E-state index in [2.05, 4.69) is 20.6 Å². The molecule has 1 unspecified atom stereocenters. The monoisotopic (exact) mass is 470 g/mol. The van der Waals surface area contributed by atoms with E-state index >= 15 is 0 Å². The highest BCUT2D eigenvalue weighted by molar-refractivity contribution is 5.77. The summed E-state index contributed by atoms with van der Waals surface area (Å²) in [6.45, 7) is -0.110. The average Bonchev–Trinajstić information content (AvgIpc) is 3.39.